The summed E-state index contributed by atoms with van der Waals surface area (Å²) in [7, 11) is 0. The number of hydrogen-bond donors (Lipinski definition) is 2. The number of nitrogens with one attached hydrogen (secondary N) is 1. The van der Waals surface area contributed by atoms with Gasteiger partial charge in [0, 0.05) is 22.7 Å². The second-order valence-electron chi connectivity index (χ2n) is 7.02. The van der Waals surface area contributed by atoms with Gasteiger partial charge < -0.3 is 15.3 Å². The molecule has 0 radical (unpaired) electrons. The minimum atomic E-state index is -6.01. The molecule has 0 aliphatic carbocycles. The van der Waals surface area contributed by atoms with Crippen LogP contribution in [-0.4, -0.2) is 40.9 Å². The van der Waals surface area contributed by atoms with Gasteiger partial charge >= 0.3 is 12.4 Å². The molecule has 32 heavy (non-hydrogen) atoms. The Bertz CT molecular complexity index is 1010. The topological polar surface area (TPSA) is 69.6 Å². The summed E-state index contributed by atoms with van der Waals surface area (Å²) in [5.41, 5.74) is -5.30. The van der Waals surface area contributed by atoms with E-state index in [0.717, 1.165) is 22.6 Å². The van der Waals surface area contributed by atoms with Crippen LogP contribution in [0.4, 0.5) is 32.0 Å². The molecule has 2 aromatic carbocycles. The van der Waals surface area contributed by atoms with Crippen LogP contribution >= 0.6 is 11.8 Å². The molecular weight excluding hydrogens is 462 g/mol. The predicted molar refractivity (Wildman–Crippen MR) is 104 cm³/mol. The molecule has 0 bridgehead atoms. The van der Waals surface area contributed by atoms with Crippen LogP contribution in [0, 0.1) is 0 Å². The Morgan fingerprint density at radius 1 is 1.09 bits per heavy atom. The van der Waals surface area contributed by atoms with Gasteiger partial charge in [-0.3, -0.25) is 9.59 Å². The second kappa shape index (κ2) is 8.32. The SMILES string of the molecule is CSc1ccc2c(c1)CN(C=O)[C@H]2C(=O)Nc1ccc(C(O)(C(F)(F)F)C(F)(F)F)cc1. The van der Waals surface area contributed by atoms with E-state index in [1.807, 2.05) is 12.3 Å². The molecule has 2 N–H and O–H groups in total. The van der Waals surface area contributed by atoms with Crippen LogP contribution in [0.25, 0.3) is 0 Å². The Balaban J connectivity index is 1.86. The van der Waals surface area contributed by atoms with Gasteiger partial charge in [0.15, 0.2) is 0 Å². The molecule has 5 nitrogen and oxygen atoms in total. The number of nitrogens with zero attached hydrogens (tertiary/aromatic N) is 1. The highest BCUT2D eigenvalue weighted by molar-refractivity contribution is 7.98. The molecule has 12 heteroatoms. The standard InChI is InChI=1S/C20H16F6N2O3S/c1-32-14-6-7-15-11(8-14)9-28(10-29)16(15)17(30)27-13-4-2-12(3-5-13)18(31,19(21,22)23)20(24,25)26/h2-8,10,16,31H,9H2,1H3,(H,27,30)/t16-/m1/s1. The maximum Gasteiger partial charge on any atom is 0.430 e. The first-order valence-electron chi connectivity index (χ1n) is 8.98. The average Bonchev–Trinajstić information content (AvgIpc) is 3.09. The number of halogens is 6. The van der Waals surface area contributed by atoms with Crippen LogP contribution in [0.1, 0.15) is 22.7 Å². The minimum Gasteiger partial charge on any atom is -0.369 e. The van der Waals surface area contributed by atoms with Crippen molar-refractivity contribution in [3.8, 4) is 0 Å². The van der Waals surface area contributed by atoms with Crippen LogP contribution in [0.3, 0.4) is 0 Å². The zero-order chi connectivity index (χ0) is 23.9. The molecule has 1 aliphatic rings. The number of anilines is 1. The summed E-state index contributed by atoms with van der Waals surface area (Å²) < 4.78 is 78.0. The number of alkyl halides is 6. The molecule has 172 valence electrons. The average molecular weight is 478 g/mol. The van der Waals surface area contributed by atoms with Gasteiger partial charge in [0.25, 0.3) is 11.5 Å². The van der Waals surface area contributed by atoms with Crippen molar-refractivity contribution in [1.29, 1.82) is 0 Å². The van der Waals surface area contributed by atoms with E-state index in [2.05, 4.69) is 5.32 Å². The number of benzene rings is 2. The fraction of sp³-hybridized carbons (Fsp3) is 0.300. The number of thioether (sulfide) groups is 1. The van der Waals surface area contributed by atoms with Crippen LogP contribution in [0.15, 0.2) is 47.4 Å². The van der Waals surface area contributed by atoms with Crippen molar-refractivity contribution in [2.75, 3.05) is 11.6 Å². The van der Waals surface area contributed by atoms with E-state index in [1.165, 1.54) is 16.7 Å². The molecule has 2 amide bonds. The van der Waals surface area contributed by atoms with E-state index in [4.69, 9.17) is 0 Å². The maximum absolute atomic E-state index is 13.0. The molecule has 1 heterocycles. The van der Waals surface area contributed by atoms with Gasteiger partial charge in [-0.1, -0.05) is 18.2 Å². The van der Waals surface area contributed by atoms with Crippen molar-refractivity contribution in [2.45, 2.75) is 35.4 Å². The van der Waals surface area contributed by atoms with Gasteiger partial charge in [0.2, 0.25) is 6.41 Å². The molecule has 0 fully saturated rings. The zero-order valence-electron chi connectivity index (χ0n) is 16.3. The third kappa shape index (κ3) is 4.04. The first-order valence-corrected chi connectivity index (χ1v) is 10.2. The molecule has 0 saturated carbocycles. The Kier molecular flexibility index (Phi) is 6.22. The smallest absolute Gasteiger partial charge is 0.369 e. The number of rotatable bonds is 5. The lowest BCUT2D eigenvalue weighted by atomic mass is 9.92. The first-order chi connectivity index (χ1) is 14.8. The number of carbonyl (C=O) groups excluding carboxylic acids is 2. The van der Waals surface area contributed by atoms with Crippen molar-refractivity contribution in [3.63, 3.8) is 0 Å². The highest BCUT2D eigenvalue weighted by Gasteiger charge is 2.71. The number of fused-ring (bicyclic) bond motifs is 1. The highest BCUT2D eigenvalue weighted by Crippen LogP contribution is 2.50. The third-order valence-electron chi connectivity index (χ3n) is 5.10. The second-order valence-corrected chi connectivity index (χ2v) is 7.90. The van der Waals surface area contributed by atoms with Gasteiger partial charge in [-0.05, 0) is 41.6 Å². The monoisotopic (exact) mass is 478 g/mol. The molecule has 2 aromatic rings. The molecule has 0 aromatic heterocycles. The lowest BCUT2D eigenvalue weighted by Gasteiger charge is -2.32. The summed E-state index contributed by atoms with van der Waals surface area (Å²) in [4.78, 5) is 26.4. The van der Waals surface area contributed by atoms with E-state index < -0.39 is 35.5 Å². The van der Waals surface area contributed by atoms with E-state index in [0.29, 0.717) is 24.1 Å². The molecule has 1 atom stereocenters. The normalized spacial score (nSPS) is 16.6. The summed E-state index contributed by atoms with van der Waals surface area (Å²) in [6.07, 6.45) is -9.67. The molecule has 0 saturated heterocycles. The van der Waals surface area contributed by atoms with Gasteiger partial charge in [-0.25, -0.2) is 0 Å². The molecule has 0 spiro atoms. The van der Waals surface area contributed by atoms with E-state index in [9.17, 15) is 41.0 Å². The van der Waals surface area contributed by atoms with Crippen LogP contribution < -0.4 is 5.32 Å². The largest absolute Gasteiger partial charge is 0.430 e. The van der Waals surface area contributed by atoms with E-state index >= 15 is 0 Å². The van der Waals surface area contributed by atoms with E-state index in [-0.39, 0.29) is 12.2 Å². The summed E-state index contributed by atoms with van der Waals surface area (Å²) in [6, 6.07) is 6.75. The van der Waals surface area contributed by atoms with Gasteiger partial charge in [-0.2, -0.15) is 26.3 Å². The predicted octanol–water partition coefficient (Wildman–Crippen LogP) is 4.37. The van der Waals surface area contributed by atoms with Gasteiger partial charge in [0.05, 0.1) is 0 Å². The van der Waals surface area contributed by atoms with Crippen molar-refractivity contribution in [3.05, 3.63) is 59.2 Å². The fourth-order valence-corrected chi connectivity index (χ4v) is 3.93. The Labute approximate surface area is 182 Å². The van der Waals surface area contributed by atoms with Crippen molar-refractivity contribution >= 4 is 29.8 Å². The highest BCUT2D eigenvalue weighted by atomic mass is 32.2. The lowest BCUT2D eigenvalue weighted by molar-refractivity contribution is -0.376. The Morgan fingerprint density at radius 2 is 1.69 bits per heavy atom. The van der Waals surface area contributed by atoms with Crippen LogP contribution in [-0.2, 0) is 21.7 Å². The number of amides is 2. The molecule has 0 unspecified atom stereocenters. The summed E-state index contributed by atoms with van der Waals surface area (Å²) in [6.45, 7) is 0.175. The van der Waals surface area contributed by atoms with Crippen LogP contribution in [0.2, 0.25) is 0 Å². The quantitative estimate of drug-likeness (QED) is 0.381. The molecule has 1 aliphatic heterocycles. The van der Waals surface area contributed by atoms with Gasteiger partial charge in [0.1, 0.15) is 6.04 Å². The molecule has 3 rings (SSSR count). The zero-order valence-corrected chi connectivity index (χ0v) is 17.1. The number of hydrogen-bond acceptors (Lipinski definition) is 4. The Hall–Kier alpha value is -2.73. The number of aliphatic hydroxyl groups is 1. The summed E-state index contributed by atoms with van der Waals surface area (Å²) in [5, 5.41) is 11.8. The van der Waals surface area contributed by atoms with Gasteiger partial charge in [-0.15, -0.1) is 11.8 Å². The van der Waals surface area contributed by atoms with Crippen molar-refractivity contribution < 1.29 is 41.0 Å². The summed E-state index contributed by atoms with van der Waals surface area (Å²) in [5.74, 6) is -0.692. The first kappa shape index (κ1) is 23.9. The number of carbonyl (C=O) groups is 2. The van der Waals surface area contributed by atoms with E-state index in [1.54, 1.807) is 12.1 Å². The van der Waals surface area contributed by atoms with Crippen LogP contribution in [0.5, 0.6) is 0 Å². The van der Waals surface area contributed by atoms with Crippen molar-refractivity contribution in [1.82, 2.24) is 4.90 Å². The lowest BCUT2D eigenvalue weighted by Crippen LogP contribution is -2.53. The van der Waals surface area contributed by atoms with Crippen molar-refractivity contribution in [2.24, 2.45) is 0 Å². The Morgan fingerprint density at radius 3 is 2.19 bits per heavy atom. The maximum atomic E-state index is 13.0. The third-order valence-corrected chi connectivity index (χ3v) is 5.83. The molecular formula is C20H16F6N2O3S. The minimum absolute atomic E-state index is 0.106. The fourth-order valence-electron chi connectivity index (χ4n) is 3.46. The summed E-state index contributed by atoms with van der Waals surface area (Å²) >= 11 is 1.47.